The lowest BCUT2D eigenvalue weighted by Gasteiger charge is -2.09. The molecule has 144 valence electrons. The number of aryl methyl sites for hydroxylation is 1. The number of rotatable bonds is 9. The van der Waals surface area contributed by atoms with E-state index < -0.39 is 0 Å². The quantitative estimate of drug-likeness (QED) is 0.559. The summed E-state index contributed by atoms with van der Waals surface area (Å²) in [6, 6.07) is 26.0. The van der Waals surface area contributed by atoms with Gasteiger partial charge in [-0.2, -0.15) is 0 Å². The smallest absolute Gasteiger partial charge is 0.224 e. The second-order valence-electron chi connectivity index (χ2n) is 6.64. The molecule has 1 amide bonds. The SMILES string of the molecule is COc1ccc(CCNc2ccc(NC(=O)CCc3ccccc3)cc2)cc1. The topological polar surface area (TPSA) is 50.4 Å². The summed E-state index contributed by atoms with van der Waals surface area (Å²) in [7, 11) is 1.67. The Bertz CT molecular complexity index is 859. The molecule has 0 radical (unpaired) electrons. The molecule has 3 aromatic rings. The summed E-state index contributed by atoms with van der Waals surface area (Å²) in [5.41, 5.74) is 4.29. The van der Waals surface area contributed by atoms with Crippen LogP contribution in [0.5, 0.6) is 5.75 Å². The lowest BCUT2D eigenvalue weighted by atomic mass is 10.1. The minimum atomic E-state index is 0.0315. The maximum Gasteiger partial charge on any atom is 0.224 e. The molecule has 0 unspecified atom stereocenters. The van der Waals surface area contributed by atoms with Crippen molar-refractivity contribution in [3.05, 3.63) is 90.0 Å². The molecular formula is C24H26N2O2. The van der Waals surface area contributed by atoms with Crippen molar-refractivity contribution in [2.75, 3.05) is 24.3 Å². The molecule has 0 heterocycles. The van der Waals surface area contributed by atoms with Crippen LogP contribution in [-0.4, -0.2) is 19.6 Å². The highest BCUT2D eigenvalue weighted by Crippen LogP contribution is 2.15. The van der Waals surface area contributed by atoms with Gasteiger partial charge in [0, 0.05) is 24.3 Å². The molecule has 28 heavy (non-hydrogen) atoms. The average molecular weight is 374 g/mol. The summed E-state index contributed by atoms with van der Waals surface area (Å²) in [5.74, 6) is 0.905. The summed E-state index contributed by atoms with van der Waals surface area (Å²) in [6.45, 7) is 0.842. The van der Waals surface area contributed by atoms with Gasteiger partial charge in [0.2, 0.25) is 5.91 Å². The third-order valence-electron chi connectivity index (χ3n) is 4.55. The van der Waals surface area contributed by atoms with Gasteiger partial charge < -0.3 is 15.4 Å². The molecular weight excluding hydrogens is 348 g/mol. The van der Waals surface area contributed by atoms with E-state index in [-0.39, 0.29) is 5.91 Å². The second kappa shape index (κ2) is 10.2. The fraction of sp³-hybridized carbons (Fsp3) is 0.208. The van der Waals surface area contributed by atoms with Crippen LogP contribution in [0.1, 0.15) is 17.5 Å². The van der Waals surface area contributed by atoms with E-state index in [9.17, 15) is 4.79 Å². The van der Waals surface area contributed by atoms with Crippen molar-refractivity contribution < 1.29 is 9.53 Å². The van der Waals surface area contributed by atoms with Crippen LogP contribution in [0.3, 0.4) is 0 Å². The number of nitrogens with one attached hydrogen (secondary N) is 2. The highest BCUT2D eigenvalue weighted by atomic mass is 16.5. The summed E-state index contributed by atoms with van der Waals surface area (Å²) < 4.78 is 5.17. The van der Waals surface area contributed by atoms with Crippen LogP contribution < -0.4 is 15.4 Å². The molecule has 0 atom stereocenters. The predicted molar refractivity (Wildman–Crippen MR) is 115 cm³/mol. The van der Waals surface area contributed by atoms with Crippen molar-refractivity contribution in [2.24, 2.45) is 0 Å². The molecule has 0 aliphatic rings. The third kappa shape index (κ3) is 6.16. The maximum absolute atomic E-state index is 12.1. The van der Waals surface area contributed by atoms with Crippen molar-refractivity contribution in [3.8, 4) is 5.75 Å². The number of anilines is 2. The maximum atomic E-state index is 12.1. The fourth-order valence-corrected chi connectivity index (χ4v) is 2.94. The molecule has 4 heteroatoms. The summed E-state index contributed by atoms with van der Waals surface area (Å²) >= 11 is 0. The van der Waals surface area contributed by atoms with Crippen molar-refractivity contribution >= 4 is 17.3 Å². The van der Waals surface area contributed by atoms with Gasteiger partial charge in [0.05, 0.1) is 7.11 Å². The Morgan fingerprint density at radius 2 is 1.43 bits per heavy atom. The summed E-state index contributed by atoms with van der Waals surface area (Å²) in [5, 5.41) is 6.36. The first kappa shape index (κ1) is 19.5. The Hall–Kier alpha value is -3.27. The van der Waals surface area contributed by atoms with E-state index in [0.29, 0.717) is 6.42 Å². The van der Waals surface area contributed by atoms with Crippen LogP contribution in [0.4, 0.5) is 11.4 Å². The van der Waals surface area contributed by atoms with Gasteiger partial charge in [-0.3, -0.25) is 4.79 Å². The van der Waals surface area contributed by atoms with E-state index in [0.717, 1.165) is 36.5 Å². The minimum absolute atomic E-state index is 0.0315. The molecule has 4 nitrogen and oxygen atoms in total. The lowest BCUT2D eigenvalue weighted by molar-refractivity contribution is -0.116. The number of amides is 1. The van der Waals surface area contributed by atoms with Gasteiger partial charge >= 0.3 is 0 Å². The van der Waals surface area contributed by atoms with Gasteiger partial charge in [-0.1, -0.05) is 42.5 Å². The van der Waals surface area contributed by atoms with Gasteiger partial charge in [-0.25, -0.2) is 0 Å². The Morgan fingerprint density at radius 3 is 2.11 bits per heavy atom. The Kier molecular flexibility index (Phi) is 7.08. The minimum Gasteiger partial charge on any atom is -0.497 e. The number of hydrogen-bond donors (Lipinski definition) is 2. The van der Waals surface area contributed by atoms with Gasteiger partial charge in [-0.15, -0.1) is 0 Å². The molecule has 2 N–H and O–H groups in total. The molecule has 3 aromatic carbocycles. The number of hydrogen-bond acceptors (Lipinski definition) is 3. The van der Waals surface area contributed by atoms with Gasteiger partial charge in [-0.05, 0) is 60.4 Å². The van der Waals surface area contributed by atoms with E-state index in [4.69, 9.17) is 4.74 Å². The number of benzene rings is 3. The average Bonchev–Trinajstić information content (AvgIpc) is 2.75. The molecule has 0 aromatic heterocycles. The largest absolute Gasteiger partial charge is 0.497 e. The van der Waals surface area contributed by atoms with Crippen LogP contribution in [-0.2, 0) is 17.6 Å². The van der Waals surface area contributed by atoms with E-state index in [1.54, 1.807) is 7.11 Å². The van der Waals surface area contributed by atoms with Crippen LogP contribution >= 0.6 is 0 Å². The third-order valence-corrected chi connectivity index (χ3v) is 4.55. The van der Waals surface area contributed by atoms with E-state index in [1.807, 2.05) is 66.7 Å². The molecule has 0 bridgehead atoms. The molecule has 3 rings (SSSR count). The predicted octanol–water partition coefficient (Wildman–Crippen LogP) is 4.92. The Balaban J connectivity index is 1.40. The number of carbonyl (C=O) groups is 1. The van der Waals surface area contributed by atoms with Crippen LogP contribution in [0.15, 0.2) is 78.9 Å². The highest BCUT2D eigenvalue weighted by molar-refractivity contribution is 5.91. The monoisotopic (exact) mass is 374 g/mol. The number of carbonyl (C=O) groups excluding carboxylic acids is 1. The fourth-order valence-electron chi connectivity index (χ4n) is 2.94. The zero-order chi connectivity index (χ0) is 19.6. The molecule has 0 saturated carbocycles. The zero-order valence-corrected chi connectivity index (χ0v) is 16.2. The first-order valence-corrected chi connectivity index (χ1v) is 9.53. The Labute approximate surface area is 166 Å². The van der Waals surface area contributed by atoms with Crippen molar-refractivity contribution in [1.82, 2.24) is 0 Å². The lowest BCUT2D eigenvalue weighted by Crippen LogP contribution is -2.12. The molecule has 0 saturated heterocycles. The van der Waals surface area contributed by atoms with Crippen LogP contribution in [0, 0.1) is 0 Å². The van der Waals surface area contributed by atoms with E-state index in [2.05, 4.69) is 22.8 Å². The summed E-state index contributed by atoms with van der Waals surface area (Å²) in [4.78, 5) is 12.1. The first-order valence-electron chi connectivity index (χ1n) is 9.53. The molecule has 0 fully saturated rings. The molecule has 0 spiro atoms. The van der Waals surface area contributed by atoms with Gasteiger partial charge in [0.1, 0.15) is 5.75 Å². The van der Waals surface area contributed by atoms with E-state index in [1.165, 1.54) is 11.1 Å². The van der Waals surface area contributed by atoms with Gasteiger partial charge in [0.25, 0.3) is 0 Å². The normalized spacial score (nSPS) is 10.3. The van der Waals surface area contributed by atoms with Gasteiger partial charge in [0.15, 0.2) is 0 Å². The highest BCUT2D eigenvalue weighted by Gasteiger charge is 2.03. The first-order chi connectivity index (χ1) is 13.7. The summed E-state index contributed by atoms with van der Waals surface area (Å²) in [6.07, 6.45) is 2.16. The van der Waals surface area contributed by atoms with E-state index >= 15 is 0 Å². The molecule has 0 aliphatic heterocycles. The van der Waals surface area contributed by atoms with Crippen LogP contribution in [0.25, 0.3) is 0 Å². The standard InChI is InChI=1S/C24H26N2O2/c1-28-23-14-7-20(8-15-23)17-18-25-21-10-12-22(13-11-21)26-24(27)16-9-19-5-3-2-4-6-19/h2-8,10-15,25H,9,16-18H2,1H3,(H,26,27). The second-order valence-corrected chi connectivity index (χ2v) is 6.64. The van der Waals surface area contributed by atoms with Crippen molar-refractivity contribution in [3.63, 3.8) is 0 Å². The number of methoxy groups -OCH3 is 1. The van der Waals surface area contributed by atoms with Crippen molar-refractivity contribution in [1.29, 1.82) is 0 Å². The number of ether oxygens (including phenoxy) is 1. The zero-order valence-electron chi connectivity index (χ0n) is 16.2. The van der Waals surface area contributed by atoms with Crippen molar-refractivity contribution in [2.45, 2.75) is 19.3 Å². The van der Waals surface area contributed by atoms with Crippen LogP contribution in [0.2, 0.25) is 0 Å². The Morgan fingerprint density at radius 1 is 0.786 bits per heavy atom. The molecule has 0 aliphatic carbocycles.